The van der Waals surface area contributed by atoms with Crippen LogP contribution in [0, 0.1) is 11.3 Å². The third-order valence-electron chi connectivity index (χ3n) is 2.81. The number of methoxy groups -OCH3 is 1. The Labute approximate surface area is 123 Å². The number of nitrogens with one attached hydrogen (secondary N) is 1. The van der Waals surface area contributed by atoms with Crippen LogP contribution >= 0.6 is 0 Å². The highest BCUT2D eigenvalue weighted by molar-refractivity contribution is 5.46. The minimum atomic E-state index is 0.276. The second-order valence-corrected chi connectivity index (χ2v) is 6.82. The summed E-state index contributed by atoms with van der Waals surface area (Å²) in [6.45, 7) is 13.4. The highest BCUT2D eigenvalue weighted by Crippen LogP contribution is 2.31. The normalized spacial score (nSPS) is 11.8. The maximum absolute atomic E-state index is 5.94. The summed E-state index contributed by atoms with van der Waals surface area (Å²) in [7, 11) is 1.68. The van der Waals surface area contributed by atoms with Crippen molar-refractivity contribution in [3.05, 3.63) is 23.8 Å². The van der Waals surface area contributed by atoms with E-state index >= 15 is 0 Å². The number of hydrogen-bond donors (Lipinski definition) is 1. The molecular formula is C17H29NO2. The SMILES string of the molecule is COc1cccc(CNCC(C)(C)C)c1OCC(C)C. The van der Waals surface area contributed by atoms with E-state index in [0.717, 1.165) is 30.2 Å². The Morgan fingerprint density at radius 2 is 1.90 bits per heavy atom. The summed E-state index contributed by atoms with van der Waals surface area (Å²) in [6, 6.07) is 6.05. The average Bonchev–Trinajstić information content (AvgIpc) is 2.35. The van der Waals surface area contributed by atoms with Crippen molar-refractivity contribution in [3.8, 4) is 11.5 Å². The van der Waals surface area contributed by atoms with Crippen LogP contribution in [0.5, 0.6) is 11.5 Å². The number of hydrogen-bond acceptors (Lipinski definition) is 3. The van der Waals surface area contributed by atoms with Crippen LogP contribution < -0.4 is 14.8 Å². The Balaban J connectivity index is 2.77. The van der Waals surface area contributed by atoms with E-state index in [-0.39, 0.29) is 5.41 Å². The van der Waals surface area contributed by atoms with Gasteiger partial charge in [-0.25, -0.2) is 0 Å². The molecule has 0 radical (unpaired) electrons. The molecule has 0 unspecified atom stereocenters. The second-order valence-electron chi connectivity index (χ2n) is 6.82. The first-order valence-electron chi connectivity index (χ1n) is 7.33. The molecule has 0 atom stereocenters. The summed E-state index contributed by atoms with van der Waals surface area (Å²) in [5.74, 6) is 2.17. The molecular weight excluding hydrogens is 250 g/mol. The number of benzene rings is 1. The fourth-order valence-corrected chi connectivity index (χ4v) is 1.85. The smallest absolute Gasteiger partial charge is 0.165 e. The van der Waals surface area contributed by atoms with Gasteiger partial charge in [0, 0.05) is 18.7 Å². The van der Waals surface area contributed by atoms with Crippen molar-refractivity contribution in [3.63, 3.8) is 0 Å². The van der Waals surface area contributed by atoms with Crippen LogP contribution in [0.15, 0.2) is 18.2 Å². The van der Waals surface area contributed by atoms with E-state index in [1.165, 1.54) is 0 Å². The first-order chi connectivity index (χ1) is 9.33. The van der Waals surface area contributed by atoms with Crippen LogP contribution in [-0.2, 0) is 6.54 Å². The van der Waals surface area contributed by atoms with Gasteiger partial charge in [-0.15, -0.1) is 0 Å². The summed E-state index contributed by atoms with van der Waals surface area (Å²) in [5, 5.41) is 3.49. The highest BCUT2D eigenvalue weighted by Gasteiger charge is 2.13. The van der Waals surface area contributed by atoms with Gasteiger partial charge in [-0.3, -0.25) is 0 Å². The number of rotatable bonds is 7. The molecule has 0 aromatic heterocycles. The first-order valence-corrected chi connectivity index (χ1v) is 7.33. The predicted octanol–water partition coefficient (Wildman–Crippen LogP) is 3.87. The third kappa shape index (κ3) is 5.83. The fourth-order valence-electron chi connectivity index (χ4n) is 1.85. The highest BCUT2D eigenvalue weighted by atomic mass is 16.5. The molecule has 0 saturated carbocycles. The molecule has 1 aromatic carbocycles. The molecule has 114 valence electrons. The van der Waals surface area contributed by atoms with Gasteiger partial charge >= 0.3 is 0 Å². The molecule has 3 heteroatoms. The van der Waals surface area contributed by atoms with Crippen molar-refractivity contribution < 1.29 is 9.47 Å². The van der Waals surface area contributed by atoms with Gasteiger partial charge in [-0.1, -0.05) is 46.8 Å². The summed E-state index contributed by atoms with van der Waals surface area (Å²) >= 11 is 0. The molecule has 1 N–H and O–H groups in total. The lowest BCUT2D eigenvalue weighted by molar-refractivity contribution is 0.253. The molecule has 0 aliphatic carbocycles. The van der Waals surface area contributed by atoms with Crippen molar-refractivity contribution in [1.82, 2.24) is 5.32 Å². The summed E-state index contributed by atoms with van der Waals surface area (Å²) in [4.78, 5) is 0. The van der Waals surface area contributed by atoms with Crippen LogP contribution in [0.4, 0.5) is 0 Å². The quantitative estimate of drug-likeness (QED) is 0.822. The molecule has 0 aliphatic heterocycles. The molecule has 0 heterocycles. The zero-order valence-electron chi connectivity index (χ0n) is 13.7. The van der Waals surface area contributed by atoms with Crippen LogP contribution in [0.1, 0.15) is 40.2 Å². The maximum Gasteiger partial charge on any atom is 0.165 e. The van der Waals surface area contributed by atoms with E-state index in [9.17, 15) is 0 Å². The third-order valence-corrected chi connectivity index (χ3v) is 2.81. The molecule has 0 amide bonds. The molecule has 0 bridgehead atoms. The van der Waals surface area contributed by atoms with Gasteiger partial charge < -0.3 is 14.8 Å². The van der Waals surface area contributed by atoms with Gasteiger partial charge in [0.15, 0.2) is 11.5 Å². The molecule has 0 saturated heterocycles. The molecule has 3 nitrogen and oxygen atoms in total. The van der Waals surface area contributed by atoms with Crippen LogP contribution in [0.25, 0.3) is 0 Å². The molecule has 20 heavy (non-hydrogen) atoms. The van der Waals surface area contributed by atoms with E-state index in [0.29, 0.717) is 12.5 Å². The van der Waals surface area contributed by atoms with E-state index in [1.807, 2.05) is 12.1 Å². The predicted molar refractivity (Wildman–Crippen MR) is 84.5 cm³/mol. The minimum Gasteiger partial charge on any atom is -0.493 e. The second kappa shape index (κ2) is 7.53. The van der Waals surface area contributed by atoms with Crippen molar-refractivity contribution in [1.29, 1.82) is 0 Å². The molecule has 1 rings (SSSR count). The Kier molecular flexibility index (Phi) is 6.34. The summed E-state index contributed by atoms with van der Waals surface area (Å²) in [6.07, 6.45) is 0. The van der Waals surface area contributed by atoms with Crippen LogP contribution in [0.2, 0.25) is 0 Å². The van der Waals surface area contributed by atoms with Gasteiger partial charge in [-0.2, -0.15) is 0 Å². The molecule has 0 spiro atoms. The van der Waals surface area contributed by atoms with Crippen molar-refractivity contribution >= 4 is 0 Å². The van der Waals surface area contributed by atoms with Crippen LogP contribution in [0.3, 0.4) is 0 Å². The zero-order chi connectivity index (χ0) is 15.2. The van der Waals surface area contributed by atoms with Gasteiger partial charge in [0.2, 0.25) is 0 Å². The van der Waals surface area contributed by atoms with Crippen LogP contribution in [-0.4, -0.2) is 20.3 Å². The maximum atomic E-state index is 5.94. The lowest BCUT2D eigenvalue weighted by Gasteiger charge is -2.20. The monoisotopic (exact) mass is 279 g/mol. The topological polar surface area (TPSA) is 30.5 Å². The van der Waals surface area contributed by atoms with E-state index < -0.39 is 0 Å². The zero-order valence-corrected chi connectivity index (χ0v) is 13.7. The molecule has 0 fully saturated rings. The Bertz CT molecular complexity index is 408. The molecule has 1 aromatic rings. The average molecular weight is 279 g/mol. The first kappa shape index (κ1) is 16.8. The van der Waals surface area contributed by atoms with Gasteiger partial charge in [0.25, 0.3) is 0 Å². The largest absolute Gasteiger partial charge is 0.493 e. The fraction of sp³-hybridized carbons (Fsp3) is 0.647. The number of para-hydroxylation sites is 1. The number of ether oxygens (including phenoxy) is 2. The van der Waals surface area contributed by atoms with E-state index in [1.54, 1.807) is 7.11 Å². The summed E-state index contributed by atoms with van der Waals surface area (Å²) < 4.78 is 11.4. The Morgan fingerprint density at radius 1 is 1.20 bits per heavy atom. The van der Waals surface area contributed by atoms with E-state index in [2.05, 4.69) is 46.0 Å². The van der Waals surface area contributed by atoms with Gasteiger partial charge in [0.05, 0.1) is 13.7 Å². The lowest BCUT2D eigenvalue weighted by Crippen LogP contribution is -2.26. The van der Waals surface area contributed by atoms with Gasteiger partial charge in [0.1, 0.15) is 0 Å². The molecule has 0 aliphatic rings. The minimum absolute atomic E-state index is 0.276. The summed E-state index contributed by atoms with van der Waals surface area (Å²) in [5.41, 5.74) is 1.42. The standard InChI is InChI=1S/C17H29NO2/c1-13(2)11-20-16-14(8-7-9-15(16)19-6)10-18-12-17(3,4)5/h7-9,13,18H,10-12H2,1-6H3. The van der Waals surface area contributed by atoms with Gasteiger partial charge in [-0.05, 0) is 17.4 Å². The van der Waals surface area contributed by atoms with Crippen molar-refractivity contribution in [2.45, 2.75) is 41.2 Å². The van der Waals surface area contributed by atoms with Crippen molar-refractivity contribution in [2.75, 3.05) is 20.3 Å². The Morgan fingerprint density at radius 3 is 2.45 bits per heavy atom. The van der Waals surface area contributed by atoms with E-state index in [4.69, 9.17) is 9.47 Å². The Hall–Kier alpha value is -1.22. The lowest BCUT2D eigenvalue weighted by atomic mass is 9.97. The van der Waals surface area contributed by atoms with Crippen molar-refractivity contribution in [2.24, 2.45) is 11.3 Å².